The molecule has 0 aliphatic rings. The average Bonchev–Trinajstić information content (AvgIpc) is 2.39. The van der Waals surface area contributed by atoms with Crippen molar-refractivity contribution in [2.24, 2.45) is 0 Å². The van der Waals surface area contributed by atoms with Gasteiger partial charge in [0.25, 0.3) is 5.69 Å². The molecule has 2 aromatic rings. The van der Waals surface area contributed by atoms with Crippen molar-refractivity contribution in [2.45, 2.75) is 6.42 Å². The molecule has 0 unspecified atom stereocenters. The average molecular weight is 292 g/mol. The van der Waals surface area contributed by atoms with Crippen molar-refractivity contribution in [3.8, 4) is 5.75 Å². The number of benzene rings is 2. The molecule has 2 rings (SSSR count). The van der Waals surface area contributed by atoms with Gasteiger partial charge in [0.2, 0.25) is 0 Å². The summed E-state index contributed by atoms with van der Waals surface area (Å²) in [4.78, 5) is 22.5. The van der Waals surface area contributed by atoms with Gasteiger partial charge >= 0.3 is 0 Å². The van der Waals surface area contributed by atoms with Gasteiger partial charge in [0.05, 0.1) is 4.92 Å². The lowest BCUT2D eigenvalue weighted by atomic mass is 10.0. The fourth-order valence-corrected chi connectivity index (χ4v) is 2.09. The molecule has 0 spiro atoms. The molecule has 6 heteroatoms. The molecule has 0 aliphatic carbocycles. The topological polar surface area (TPSA) is 80.4 Å². The number of nitro groups is 1. The van der Waals surface area contributed by atoms with E-state index in [0.717, 1.165) is 0 Å². The van der Waals surface area contributed by atoms with Gasteiger partial charge in [0.15, 0.2) is 5.78 Å². The number of phenols is 1. The third-order valence-corrected chi connectivity index (χ3v) is 3.10. The van der Waals surface area contributed by atoms with Crippen LogP contribution in [0.5, 0.6) is 5.75 Å². The van der Waals surface area contributed by atoms with E-state index in [-0.39, 0.29) is 34.2 Å². The summed E-state index contributed by atoms with van der Waals surface area (Å²) >= 11 is 5.79. The summed E-state index contributed by atoms with van der Waals surface area (Å²) in [5.74, 6) is -0.231. The maximum absolute atomic E-state index is 12.1. The highest BCUT2D eigenvalue weighted by molar-refractivity contribution is 6.32. The molecule has 2 aromatic carbocycles. The summed E-state index contributed by atoms with van der Waals surface area (Å²) in [7, 11) is 0. The van der Waals surface area contributed by atoms with Crippen molar-refractivity contribution in [2.75, 3.05) is 0 Å². The lowest BCUT2D eigenvalue weighted by Gasteiger charge is -2.04. The number of rotatable bonds is 4. The fourth-order valence-electron chi connectivity index (χ4n) is 1.83. The van der Waals surface area contributed by atoms with Gasteiger partial charge in [-0.15, -0.1) is 0 Å². The van der Waals surface area contributed by atoms with Gasteiger partial charge in [0, 0.05) is 17.5 Å². The first kappa shape index (κ1) is 14.0. The number of hydrogen-bond donors (Lipinski definition) is 1. The molecule has 0 fully saturated rings. The van der Waals surface area contributed by atoms with Crippen LogP contribution in [0.15, 0.2) is 42.5 Å². The van der Waals surface area contributed by atoms with Crippen LogP contribution in [0.3, 0.4) is 0 Å². The Hall–Kier alpha value is -2.40. The zero-order chi connectivity index (χ0) is 14.7. The lowest BCUT2D eigenvalue weighted by molar-refractivity contribution is -0.385. The standard InChI is InChI=1S/C14H10ClNO4/c15-12-3-1-2-10(14(12)16(19)20)8-13(18)9-4-6-11(17)7-5-9/h1-7,17H,8H2. The SMILES string of the molecule is O=C(Cc1cccc(Cl)c1[N+](=O)[O-])c1ccc(O)cc1. The number of nitrogens with zero attached hydrogens (tertiary/aromatic N) is 1. The van der Waals surface area contributed by atoms with Gasteiger partial charge in [-0.1, -0.05) is 23.7 Å². The summed E-state index contributed by atoms with van der Waals surface area (Å²) < 4.78 is 0. The van der Waals surface area contributed by atoms with Gasteiger partial charge < -0.3 is 5.11 Å². The van der Waals surface area contributed by atoms with Gasteiger partial charge in [-0.25, -0.2) is 0 Å². The van der Waals surface area contributed by atoms with Crippen molar-refractivity contribution in [3.63, 3.8) is 0 Å². The van der Waals surface area contributed by atoms with Crippen LogP contribution in [0.4, 0.5) is 5.69 Å². The molecule has 20 heavy (non-hydrogen) atoms. The largest absolute Gasteiger partial charge is 0.508 e. The second kappa shape index (κ2) is 5.71. The normalized spacial score (nSPS) is 10.2. The first-order chi connectivity index (χ1) is 9.49. The lowest BCUT2D eigenvalue weighted by Crippen LogP contribution is -2.06. The van der Waals surface area contributed by atoms with Crippen LogP contribution in [0.25, 0.3) is 0 Å². The Kier molecular flexibility index (Phi) is 4.00. The van der Waals surface area contributed by atoms with Crippen molar-refractivity contribution in [3.05, 3.63) is 68.7 Å². The number of hydrogen-bond acceptors (Lipinski definition) is 4. The number of nitro benzene ring substituents is 1. The van der Waals surface area contributed by atoms with E-state index in [1.165, 1.54) is 36.4 Å². The number of Topliss-reactive ketones (excluding diaryl/α,β-unsaturated/α-hetero) is 1. The summed E-state index contributed by atoms with van der Waals surface area (Å²) in [6.45, 7) is 0. The molecule has 0 amide bonds. The molecule has 0 radical (unpaired) electrons. The summed E-state index contributed by atoms with van der Waals surface area (Å²) in [6.07, 6.45) is -0.123. The highest BCUT2D eigenvalue weighted by atomic mass is 35.5. The monoisotopic (exact) mass is 291 g/mol. The molecule has 0 heterocycles. The highest BCUT2D eigenvalue weighted by Gasteiger charge is 2.20. The highest BCUT2D eigenvalue weighted by Crippen LogP contribution is 2.29. The molecule has 0 aliphatic heterocycles. The van der Waals surface area contributed by atoms with Gasteiger partial charge in [0.1, 0.15) is 10.8 Å². The number of phenolic OH excluding ortho intramolecular Hbond substituents is 1. The Balaban J connectivity index is 2.30. The molecule has 0 bridgehead atoms. The minimum Gasteiger partial charge on any atom is -0.508 e. The maximum atomic E-state index is 12.1. The number of carbonyl (C=O) groups excluding carboxylic acids is 1. The second-order valence-corrected chi connectivity index (χ2v) is 4.56. The van der Waals surface area contributed by atoms with Crippen LogP contribution in [-0.2, 0) is 6.42 Å². The molecular formula is C14H10ClNO4. The van der Waals surface area contributed by atoms with Crippen LogP contribution in [0.1, 0.15) is 15.9 Å². The number of ketones is 1. The predicted molar refractivity (Wildman–Crippen MR) is 74.2 cm³/mol. The molecule has 102 valence electrons. The zero-order valence-corrected chi connectivity index (χ0v) is 11.0. The van der Waals surface area contributed by atoms with Crippen molar-refractivity contribution < 1.29 is 14.8 Å². The summed E-state index contributed by atoms with van der Waals surface area (Å²) in [5, 5.41) is 20.2. The zero-order valence-electron chi connectivity index (χ0n) is 10.2. The summed E-state index contributed by atoms with van der Waals surface area (Å²) in [6, 6.07) is 10.2. The minimum atomic E-state index is -0.595. The molecule has 5 nitrogen and oxygen atoms in total. The molecular weight excluding hydrogens is 282 g/mol. The molecule has 0 saturated heterocycles. The molecule has 0 saturated carbocycles. The first-order valence-electron chi connectivity index (χ1n) is 5.73. The van der Waals surface area contributed by atoms with Crippen LogP contribution >= 0.6 is 11.6 Å². The van der Waals surface area contributed by atoms with E-state index in [9.17, 15) is 14.9 Å². The van der Waals surface area contributed by atoms with Crippen LogP contribution in [0.2, 0.25) is 5.02 Å². The van der Waals surface area contributed by atoms with Gasteiger partial charge in [-0.05, 0) is 30.3 Å². The van der Waals surface area contributed by atoms with E-state index in [0.29, 0.717) is 5.56 Å². The van der Waals surface area contributed by atoms with Crippen LogP contribution < -0.4 is 0 Å². The molecule has 1 N–H and O–H groups in total. The van der Waals surface area contributed by atoms with Crippen LogP contribution in [0, 0.1) is 10.1 Å². The number of aromatic hydroxyl groups is 1. The van der Waals surface area contributed by atoms with Crippen LogP contribution in [-0.4, -0.2) is 15.8 Å². The number of para-hydroxylation sites is 1. The van der Waals surface area contributed by atoms with Crippen molar-refractivity contribution >= 4 is 23.1 Å². The van der Waals surface area contributed by atoms with Crippen molar-refractivity contribution in [1.29, 1.82) is 0 Å². The quantitative estimate of drug-likeness (QED) is 0.532. The van der Waals surface area contributed by atoms with E-state index in [1.54, 1.807) is 6.07 Å². The maximum Gasteiger partial charge on any atom is 0.291 e. The number of carbonyl (C=O) groups is 1. The minimum absolute atomic E-state index is 0.00556. The Bertz CT molecular complexity index is 667. The van der Waals surface area contributed by atoms with E-state index in [2.05, 4.69) is 0 Å². The third kappa shape index (κ3) is 2.95. The Labute approximate surface area is 119 Å². The molecule has 0 atom stereocenters. The van der Waals surface area contributed by atoms with E-state index < -0.39 is 4.92 Å². The van der Waals surface area contributed by atoms with Crippen molar-refractivity contribution in [1.82, 2.24) is 0 Å². The second-order valence-electron chi connectivity index (χ2n) is 4.15. The van der Waals surface area contributed by atoms with E-state index in [4.69, 9.17) is 16.7 Å². The van der Waals surface area contributed by atoms with E-state index in [1.807, 2.05) is 0 Å². The smallest absolute Gasteiger partial charge is 0.291 e. The number of halogens is 1. The van der Waals surface area contributed by atoms with Gasteiger partial charge in [-0.2, -0.15) is 0 Å². The first-order valence-corrected chi connectivity index (χ1v) is 6.11. The Morgan fingerprint density at radius 3 is 2.45 bits per heavy atom. The Morgan fingerprint density at radius 1 is 1.20 bits per heavy atom. The predicted octanol–water partition coefficient (Wildman–Crippen LogP) is 3.38. The van der Waals surface area contributed by atoms with E-state index >= 15 is 0 Å². The summed E-state index contributed by atoms with van der Waals surface area (Å²) in [5.41, 5.74) is 0.388. The third-order valence-electron chi connectivity index (χ3n) is 2.79. The fraction of sp³-hybridized carbons (Fsp3) is 0.0714. The molecule has 0 aromatic heterocycles. The Morgan fingerprint density at radius 2 is 1.85 bits per heavy atom. The van der Waals surface area contributed by atoms with Gasteiger partial charge in [-0.3, -0.25) is 14.9 Å².